The molecule has 0 radical (unpaired) electrons. The molecule has 2 aromatic heterocycles. The van der Waals surface area contributed by atoms with E-state index in [0.717, 1.165) is 0 Å². The lowest BCUT2D eigenvalue weighted by Crippen LogP contribution is -2.21. The maximum atomic E-state index is 12.2. The van der Waals surface area contributed by atoms with E-state index in [1.807, 2.05) is 0 Å². The first-order valence-corrected chi connectivity index (χ1v) is 7.36. The normalized spacial score (nSPS) is 11.4. The molecule has 0 fully saturated rings. The Labute approximate surface area is 157 Å². The van der Waals surface area contributed by atoms with E-state index in [0.29, 0.717) is 11.1 Å². The molecule has 0 bridgehead atoms. The van der Waals surface area contributed by atoms with Crippen molar-refractivity contribution >= 4 is 5.97 Å². The second-order valence-electron chi connectivity index (χ2n) is 5.03. The molecule has 2 heterocycles. The highest BCUT2D eigenvalue weighted by Crippen LogP contribution is 2.28. The van der Waals surface area contributed by atoms with Gasteiger partial charge in [0.25, 0.3) is 0 Å². The van der Waals surface area contributed by atoms with Gasteiger partial charge in [-0.15, -0.1) is 23.4 Å². The highest BCUT2D eigenvalue weighted by atomic mass is 19.4. The molecular formula is C16H9F6N3O4. The summed E-state index contributed by atoms with van der Waals surface area (Å²) in [7, 11) is 0. The second kappa shape index (κ2) is 8.58. The summed E-state index contributed by atoms with van der Waals surface area (Å²) < 4.78 is 77.7. The third-order valence-electron chi connectivity index (χ3n) is 2.89. The van der Waals surface area contributed by atoms with Crippen LogP contribution in [0.15, 0.2) is 53.2 Å². The number of aromatic nitrogens is 3. The summed E-state index contributed by atoms with van der Waals surface area (Å²) in [5.41, 5.74) is 0.938. The second-order valence-corrected chi connectivity index (χ2v) is 5.03. The molecule has 0 saturated heterocycles. The van der Waals surface area contributed by atoms with Gasteiger partial charge >= 0.3 is 18.5 Å². The minimum atomic E-state index is -5.08. The Kier molecular flexibility index (Phi) is 6.41. The average molecular weight is 421 g/mol. The molecular weight excluding hydrogens is 412 g/mol. The zero-order chi connectivity index (χ0) is 21.7. The van der Waals surface area contributed by atoms with E-state index in [2.05, 4.69) is 19.9 Å². The monoisotopic (exact) mass is 421 g/mol. The minimum absolute atomic E-state index is 0.0893. The van der Waals surface area contributed by atoms with Gasteiger partial charge in [-0.3, -0.25) is 4.98 Å². The Hall–Kier alpha value is -3.64. The Balaban J connectivity index is 0.000000370. The van der Waals surface area contributed by atoms with E-state index < -0.39 is 18.5 Å². The van der Waals surface area contributed by atoms with Gasteiger partial charge in [0.1, 0.15) is 5.75 Å². The summed E-state index contributed by atoms with van der Waals surface area (Å²) in [6.45, 7) is 0. The van der Waals surface area contributed by atoms with Crippen LogP contribution in [0.1, 0.15) is 0 Å². The molecule has 3 aromatic rings. The van der Waals surface area contributed by atoms with Crippen molar-refractivity contribution in [3.8, 4) is 28.7 Å². The summed E-state index contributed by atoms with van der Waals surface area (Å²) in [5.74, 6) is -2.80. The van der Waals surface area contributed by atoms with Gasteiger partial charge in [-0.2, -0.15) is 13.2 Å². The van der Waals surface area contributed by atoms with Crippen LogP contribution in [0.25, 0.3) is 22.9 Å². The number of aliphatic carboxylic acids is 1. The number of carboxylic acids is 1. The molecule has 7 nitrogen and oxygen atoms in total. The number of rotatable bonds is 3. The van der Waals surface area contributed by atoms with Crippen LogP contribution in [0, 0.1) is 0 Å². The first-order chi connectivity index (χ1) is 13.5. The predicted octanol–water partition coefficient (Wildman–Crippen LogP) is 4.33. The molecule has 0 spiro atoms. The summed E-state index contributed by atoms with van der Waals surface area (Å²) in [6.07, 6.45) is -6.70. The lowest BCUT2D eigenvalue weighted by atomic mass is 10.2. The van der Waals surface area contributed by atoms with Gasteiger partial charge in [0, 0.05) is 18.0 Å². The van der Waals surface area contributed by atoms with Crippen molar-refractivity contribution in [2.24, 2.45) is 0 Å². The van der Waals surface area contributed by atoms with Crippen LogP contribution in [0.5, 0.6) is 5.75 Å². The average Bonchev–Trinajstić information content (AvgIpc) is 3.11. The standard InChI is InChI=1S/C14H8F3N3O2.C2HF3O2/c15-14(16,17)22-11-5-1-3-9(7-11)12-19-20-13(21-12)10-4-2-6-18-8-10;3-2(4,5)1(6)7/h1-8H;(H,6,7). The number of hydrogen-bond donors (Lipinski definition) is 1. The maximum Gasteiger partial charge on any atom is 0.573 e. The summed E-state index contributed by atoms with van der Waals surface area (Å²) >= 11 is 0. The van der Waals surface area contributed by atoms with Crippen LogP contribution >= 0.6 is 0 Å². The van der Waals surface area contributed by atoms with Crippen molar-refractivity contribution in [1.29, 1.82) is 0 Å². The van der Waals surface area contributed by atoms with E-state index in [4.69, 9.17) is 14.3 Å². The number of nitrogens with zero attached hydrogens (tertiary/aromatic N) is 3. The topological polar surface area (TPSA) is 98.3 Å². The van der Waals surface area contributed by atoms with Crippen LogP contribution in [0.2, 0.25) is 0 Å². The smallest absolute Gasteiger partial charge is 0.475 e. The van der Waals surface area contributed by atoms with E-state index in [9.17, 15) is 26.3 Å². The molecule has 154 valence electrons. The first-order valence-electron chi connectivity index (χ1n) is 7.36. The molecule has 1 N–H and O–H groups in total. The van der Waals surface area contributed by atoms with Gasteiger partial charge < -0.3 is 14.3 Å². The van der Waals surface area contributed by atoms with Crippen LogP contribution in [0.4, 0.5) is 26.3 Å². The molecule has 0 aliphatic heterocycles. The lowest BCUT2D eigenvalue weighted by molar-refractivity contribution is -0.274. The molecule has 0 saturated carbocycles. The molecule has 29 heavy (non-hydrogen) atoms. The number of benzene rings is 1. The highest BCUT2D eigenvalue weighted by Gasteiger charge is 2.38. The fourth-order valence-corrected chi connectivity index (χ4v) is 1.77. The summed E-state index contributed by atoms with van der Waals surface area (Å²) in [6, 6.07) is 8.75. The molecule has 0 aliphatic rings. The molecule has 13 heteroatoms. The van der Waals surface area contributed by atoms with Crippen molar-refractivity contribution in [3.63, 3.8) is 0 Å². The number of carbonyl (C=O) groups is 1. The van der Waals surface area contributed by atoms with Gasteiger partial charge in [0.15, 0.2) is 0 Å². The maximum absolute atomic E-state index is 12.2. The van der Waals surface area contributed by atoms with Crippen molar-refractivity contribution in [3.05, 3.63) is 48.8 Å². The molecule has 0 atom stereocenters. The fraction of sp³-hybridized carbons (Fsp3) is 0.125. The number of carboxylic acid groups (broad SMARTS) is 1. The molecule has 1 aromatic carbocycles. The van der Waals surface area contributed by atoms with Gasteiger partial charge in [-0.1, -0.05) is 6.07 Å². The lowest BCUT2D eigenvalue weighted by Gasteiger charge is -2.08. The number of pyridine rings is 1. The third kappa shape index (κ3) is 6.79. The fourth-order valence-electron chi connectivity index (χ4n) is 1.77. The van der Waals surface area contributed by atoms with Crippen LogP contribution in [-0.2, 0) is 4.79 Å². The van der Waals surface area contributed by atoms with Crippen LogP contribution in [-0.4, -0.2) is 38.8 Å². The Morgan fingerprint density at radius 1 is 0.966 bits per heavy atom. The molecule has 0 aliphatic carbocycles. The van der Waals surface area contributed by atoms with Crippen LogP contribution in [0.3, 0.4) is 0 Å². The summed E-state index contributed by atoms with van der Waals surface area (Å²) in [4.78, 5) is 12.8. The first kappa shape index (κ1) is 21.7. The van der Waals surface area contributed by atoms with Crippen molar-refractivity contribution in [1.82, 2.24) is 15.2 Å². The molecule has 0 unspecified atom stereocenters. The van der Waals surface area contributed by atoms with Gasteiger partial charge in [0.2, 0.25) is 11.8 Å². The SMILES string of the molecule is FC(F)(F)Oc1cccc(-c2nnc(-c3cccnc3)o2)c1.O=C(O)C(F)(F)F. The van der Waals surface area contributed by atoms with Crippen molar-refractivity contribution < 1.29 is 45.4 Å². The molecule has 3 rings (SSSR count). The minimum Gasteiger partial charge on any atom is -0.475 e. The quantitative estimate of drug-likeness (QED) is 0.629. The molecule has 0 amide bonds. The Morgan fingerprint density at radius 3 is 2.07 bits per heavy atom. The predicted molar refractivity (Wildman–Crippen MR) is 83.3 cm³/mol. The largest absolute Gasteiger partial charge is 0.573 e. The van der Waals surface area contributed by atoms with Crippen molar-refractivity contribution in [2.45, 2.75) is 12.5 Å². The number of alkyl halides is 6. The van der Waals surface area contributed by atoms with E-state index in [1.165, 1.54) is 18.2 Å². The zero-order valence-electron chi connectivity index (χ0n) is 13.9. The zero-order valence-corrected chi connectivity index (χ0v) is 13.9. The van der Waals surface area contributed by atoms with Gasteiger partial charge in [0.05, 0.1) is 5.56 Å². The highest BCUT2D eigenvalue weighted by molar-refractivity contribution is 5.73. The number of ether oxygens (including phenoxy) is 1. The van der Waals surface area contributed by atoms with Gasteiger partial charge in [-0.05, 0) is 30.3 Å². The van der Waals surface area contributed by atoms with Crippen molar-refractivity contribution in [2.75, 3.05) is 0 Å². The number of hydrogen-bond acceptors (Lipinski definition) is 6. The van der Waals surface area contributed by atoms with Crippen LogP contribution < -0.4 is 4.74 Å². The summed E-state index contributed by atoms with van der Waals surface area (Å²) in [5, 5.41) is 14.8. The van der Waals surface area contributed by atoms with E-state index >= 15 is 0 Å². The third-order valence-corrected chi connectivity index (χ3v) is 2.89. The van der Waals surface area contributed by atoms with E-state index in [1.54, 1.807) is 30.6 Å². The Morgan fingerprint density at radius 2 is 1.55 bits per heavy atom. The van der Waals surface area contributed by atoms with E-state index in [-0.39, 0.29) is 17.5 Å². The Bertz CT molecular complexity index is 957. The number of halogens is 6. The van der Waals surface area contributed by atoms with Gasteiger partial charge in [-0.25, -0.2) is 4.79 Å².